The lowest BCUT2D eigenvalue weighted by atomic mass is 9.59. The molecule has 2 N–H and O–H groups in total. The lowest BCUT2D eigenvalue weighted by Crippen LogP contribution is -2.51. The molecule has 0 aromatic heterocycles. The first kappa shape index (κ1) is 10.4. The Labute approximate surface area is 86.3 Å². The van der Waals surface area contributed by atoms with E-state index in [1.165, 1.54) is 6.42 Å². The molecule has 14 heavy (non-hydrogen) atoms. The molecule has 2 aliphatic rings. The first-order chi connectivity index (χ1) is 6.47. The van der Waals surface area contributed by atoms with Crippen LogP contribution in [0.15, 0.2) is 0 Å². The standard InChI is InChI=1S/C12H22O2/c1-11(2,14)12-7-3-5-9(12)10(13)6-4-8-12/h9-10,13-14H,3-8H2,1-2H3. The van der Waals surface area contributed by atoms with Crippen LogP contribution in [0.4, 0.5) is 0 Å². The van der Waals surface area contributed by atoms with Gasteiger partial charge >= 0.3 is 0 Å². The summed E-state index contributed by atoms with van der Waals surface area (Å²) in [4.78, 5) is 0. The molecule has 0 radical (unpaired) electrons. The predicted octanol–water partition coefficient (Wildman–Crippen LogP) is 2.09. The Morgan fingerprint density at radius 3 is 2.21 bits per heavy atom. The number of hydrogen-bond donors (Lipinski definition) is 2. The Kier molecular flexibility index (Phi) is 2.39. The number of rotatable bonds is 1. The molecule has 3 unspecified atom stereocenters. The zero-order valence-electron chi connectivity index (χ0n) is 9.29. The van der Waals surface area contributed by atoms with Crippen LogP contribution >= 0.6 is 0 Å². The molecular formula is C12H22O2. The maximum Gasteiger partial charge on any atom is 0.0651 e. The fourth-order valence-corrected chi connectivity index (χ4v) is 3.86. The Morgan fingerprint density at radius 2 is 1.71 bits per heavy atom. The van der Waals surface area contributed by atoms with E-state index >= 15 is 0 Å². The molecule has 0 bridgehead atoms. The molecule has 0 amide bonds. The minimum absolute atomic E-state index is 0.00463. The van der Waals surface area contributed by atoms with E-state index in [2.05, 4.69) is 0 Å². The van der Waals surface area contributed by atoms with E-state index in [-0.39, 0.29) is 11.5 Å². The van der Waals surface area contributed by atoms with E-state index in [1.54, 1.807) is 0 Å². The van der Waals surface area contributed by atoms with Gasteiger partial charge in [0.05, 0.1) is 11.7 Å². The fraction of sp³-hybridized carbons (Fsp3) is 1.00. The molecule has 82 valence electrons. The monoisotopic (exact) mass is 198 g/mol. The molecule has 0 heterocycles. The minimum atomic E-state index is -0.629. The summed E-state index contributed by atoms with van der Waals surface area (Å²) in [5.41, 5.74) is -0.625. The van der Waals surface area contributed by atoms with Crippen molar-refractivity contribution in [1.82, 2.24) is 0 Å². The summed E-state index contributed by atoms with van der Waals surface area (Å²) < 4.78 is 0. The van der Waals surface area contributed by atoms with Crippen LogP contribution in [0, 0.1) is 11.3 Å². The number of fused-ring (bicyclic) bond motifs is 1. The molecular weight excluding hydrogens is 176 g/mol. The maximum absolute atomic E-state index is 10.3. The molecule has 3 atom stereocenters. The van der Waals surface area contributed by atoms with Crippen molar-refractivity contribution in [3.63, 3.8) is 0 Å². The second-order valence-electron chi connectivity index (χ2n) is 5.67. The normalized spacial score (nSPS) is 43.7. The molecule has 2 saturated carbocycles. The van der Waals surface area contributed by atoms with Crippen molar-refractivity contribution in [3.8, 4) is 0 Å². The number of aliphatic hydroxyl groups excluding tert-OH is 1. The summed E-state index contributed by atoms with van der Waals surface area (Å²) in [5.74, 6) is 0.344. The Morgan fingerprint density at radius 1 is 1.14 bits per heavy atom. The first-order valence-electron chi connectivity index (χ1n) is 5.88. The summed E-state index contributed by atoms with van der Waals surface area (Å²) >= 11 is 0. The van der Waals surface area contributed by atoms with Gasteiger partial charge in [-0.05, 0) is 45.4 Å². The van der Waals surface area contributed by atoms with Crippen molar-refractivity contribution >= 4 is 0 Å². The molecule has 2 aliphatic carbocycles. The van der Waals surface area contributed by atoms with Gasteiger partial charge in [0.2, 0.25) is 0 Å². The average Bonchev–Trinajstić information content (AvgIpc) is 2.49. The smallest absolute Gasteiger partial charge is 0.0651 e. The number of hydrogen-bond acceptors (Lipinski definition) is 2. The zero-order valence-corrected chi connectivity index (χ0v) is 9.29. The van der Waals surface area contributed by atoms with Gasteiger partial charge in [-0.25, -0.2) is 0 Å². The van der Waals surface area contributed by atoms with Gasteiger partial charge in [-0.3, -0.25) is 0 Å². The SMILES string of the molecule is CC(C)(O)C12CCCC(O)C1CCC2. The van der Waals surface area contributed by atoms with E-state index in [1.807, 2.05) is 13.8 Å². The van der Waals surface area contributed by atoms with Crippen molar-refractivity contribution < 1.29 is 10.2 Å². The summed E-state index contributed by atoms with van der Waals surface area (Å²) in [7, 11) is 0. The zero-order chi connectivity index (χ0) is 10.4. The topological polar surface area (TPSA) is 40.5 Å². The van der Waals surface area contributed by atoms with Crippen LogP contribution in [-0.2, 0) is 0 Å². The summed E-state index contributed by atoms with van der Waals surface area (Å²) in [5, 5.41) is 20.3. The highest BCUT2D eigenvalue weighted by Crippen LogP contribution is 2.57. The largest absolute Gasteiger partial charge is 0.393 e. The van der Waals surface area contributed by atoms with Gasteiger partial charge in [0.15, 0.2) is 0 Å². The molecule has 2 heteroatoms. The third kappa shape index (κ3) is 1.31. The van der Waals surface area contributed by atoms with Gasteiger partial charge in [-0.1, -0.05) is 12.8 Å². The Hall–Kier alpha value is -0.0800. The van der Waals surface area contributed by atoms with Crippen LogP contribution < -0.4 is 0 Å². The van der Waals surface area contributed by atoms with Gasteiger partial charge < -0.3 is 10.2 Å². The molecule has 2 nitrogen and oxygen atoms in total. The molecule has 0 spiro atoms. The van der Waals surface area contributed by atoms with Gasteiger partial charge in [-0.15, -0.1) is 0 Å². The van der Waals surface area contributed by atoms with Crippen molar-refractivity contribution in [2.75, 3.05) is 0 Å². The average molecular weight is 198 g/mol. The highest BCUT2D eigenvalue weighted by molar-refractivity contribution is 5.05. The van der Waals surface area contributed by atoms with E-state index in [9.17, 15) is 10.2 Å². The van der Waals surface area contributed by atoms with E-state index in [0.29, 0.717) is 5.92 Å². The lowest BCUT2D eigenvalue weighted by molar-refractivity contribution is -0.130. The third-order valence-corrected chi connectivity index (χ3v) is 4.65. The van der Waals surface area contributed by atoms with Crippen molar-refractivity contribution in [3.05, 3.63) is 0 Å². The lowest BCUT2D eigenvalue weighted by Gasteiger charge is -2.49. The fourth-order valence-electron chi connectivity index (χ4n) is 3.86. The van der Waals surface area contributed by atoms with Crippen LogP contribution in [0.2, 0.25) is 0 Å². The van der Waals surface area contributed by atoms with Crippen LogP contribution in [0.1, 0.15) is 52.4 Å². The highest BCUT2D eigenvalue weighted by atomic mass is 16.3. The van der Waals surface area contributed by atoms with E-state index < -0.39 is 5.60 Å². The van der Waals surface area contributed by atoms with Gasteiger partial charge in [0.1, 0.15) is 0 Å². The molecule has 0 saturated heterocycles. The molecule has 0 aromatic carbocycles. The third-order valence-electron chi connectivity index (χ3n) is 4.65. The Balaban J connectivity index is 2.30. The van der Waals surface area contributed by atoms with Crippen LogP contribution in [0.3, 0.4) is 0 Å². The van der Waals surface area contributed by atoms with E-state index in [4.69, 9.17) is 0 Å². The maximum atomic E-state index is 10.3. The minimum Gasteiger partial charge on any atom is -0.393 e. The highest BCUT2D eigenvalue weighted by Gasteiger charge is 2.55. The van der Waals surface area contributed by atoms with Crippen molar-refractivity contribution in [1.29, 1.82) is 0 Å². The molecule has 2 rings (SSSR count). The van der Waals surface area contributed by atoms with Gasteiger partial charge in [0.25, 0.3) is 0 Å². The Bertz CT molecular complexity index is 219. The summed E-state index contributed by atoms with van der Waals surface area (Å²) in [6.45, 7) is 3.84. The quantitative estimate of drug-likeness (QED) is 0.677. The van der Waals surface area contributed by atoms with Crippen LogP contribution in [0.25, 0.3) is 0 Å². The van der Waals surface area contributed by atoms with E-state index in [0.717, 1.165) is 32.1 Å². The second-order valence-corrected chi connectivity index (χ2v) is 5.67. The second kappa shape index (κ2) is 3.21. The first-order valence-corrected chi connectivity index (χ1v) is 5.88. The van der Waals surface area contributed by atoms with Crippen LogP contribution in [0.5, 0.6) is 0 Å². The van der Waals surface area contributed by atoms with Gasteiger partial charge in [-0.2, -0.15) is 0 Å². The summed E-state index contributed by atoms with van der Waals surface area (Å²) in [6, 6.07) is 0. The predicted molar refractivity (Wildman–Crippen MR) is 55.9 cm³/mol. The molecule has 0 aliphatic heterocycles. The van der Waals surface area contributed by atoms with Crippen molar-refractivity contribution in [2.45, 2.75) is 64.1 Å². The number of aliphatic hydroxyl groups is 2. The molecule has 2 fully saturated rings. The molecule has 0 aromatic rings. The van der Waals surface area contributed by atoms with Crippen LogP contribution in [-0.4, -0.2) is 21.9 Å². The van der Waals surface area contributed by atoms with Crippen molar-refractivity contribution in [2.24, 2.45) is 11.3 Å². The van der Waals surface area contributed by atoms with Gasteiger partial charge in [0, 0.05) is 5.41 Å². The summed E-state index contributed by atoms with van der Waals surface area (Å²) in [6.07, 6.45) is 6.30.